The number of ether oxygens (including phenoxy) is 2. The summed E-state index contributed by atoms with van der Waals surface area (Å²) >= 11 is 0. The van der Waals surface area contributed by atoms with E-state index in [0.29, 0.717) is 25.5 Å². The molecule has 2 N–H and O–H groups in total. The molecule has 1 amide bonds. The number of para-hydroxylation sites is 1. The van der Waals surface area contributed by atoms with E-state index in [0.717, 1.165) is 22.4 Å². The van der Waals surface area contributed by atoms with Gasteiger partial charge in [0.05, 0.1) is 18.7 Å². The number of aromatic amines is 1. The lowest BCUT2D eigenvalue weighted by Crippen LogP contribution is -2.28. The molecular weight excluding hydrogens is 306 g/mol. The number of nitrogens with zero attached hydrogens (tertiary/aromatic N) is 1. The second-order valence-electron chi connectivity index (χ2n) is 5.13. The fraction of sp³-hybridized carbons (Fsp3) is 0.222. The molecule has 0 saturated heterocycles. The molecule has 0 aliphatic rings. The summed E-state index contributed by atoms with van der Waals surface area (Å²) in [6, 6.07) is 14.9. The molecule has 0 atom stereocenters. The highest BCUT2D eigenvalue weighted by Gasteiger charge is 2.12. The van der Waals surface area contributed by atoms with Crippen molar-refractivity contribution in [3.05, 3.63) is 54.2 Å². The molecule has 3 rings (SSSR count). The Labute approximate surface area is 139 Å². The number of carbonyl (C=O) groups is 1. The third-order valence-electron chi connectivity index (χ3n) is 3.48. The number of hydrogen-bond donors (Lipinski definition) is 2. The van der Waals surface area contributed by atoms with E-state index in [1.54, 1.807) is 0 Å². The van der Waals surface area contributed by atoms with Crippen LogP contribution < -0.4 is 14.8 Å². The minimum absolute atomic E-state index is 0.220. The molecule has 0 aliphatic heterocycles. The molecule has 0 fully saturated rings. The van der Waals surface area contributed by atoms with Crippen LogP contribution in [0.4, 0.5) is 0 Å². The van der Waals surface area contributed by atoms with Gasteiger partial charge in [-0.15, -0.1) is 0 Å². The van der Waals surface area contributed by atoms with E-state index in [2.05, 4.69) is 15.5 Å². The van der Waals surface area contributed by atoms with Crippen LogP contribution in [0.1, 0.15) is 17.4 Å². The van der Waals surface area contributed by atoms with E-state index in [1.165, 1.54) is 0 Å². The molecule has 0 spiro atoms. The maximum absolute atomic E-state index is 12.2. The average molecular weight is 325 g/mol. The lowest BCUT2D eigenvalue weighted by Gasteiger charge is -2.08. The van der Waals surface area contributed by atoms with Crippen LogP contribution in [0.5, 0.6) is 11.5 Å². The van der Waals surface area contributed by atoms with E-state index >= 15 is 0 Å². The summed E-state index contributed by atoms with van der Waals surface area (Å²) in [6.07, 6.45) is 0. The van der Waals surface area contributed by atoms with Crippen LogP contribution in [0.3, 0.4) is 0 Å². The second kappa shape index (κ2) is 7.50. The van der Waals surface area contributed by atoms with Crippen LogP contribution in [-0.4, -0.2) is 35.9 Å². The van der Waals surface area contributed by atoms with Crippen molar-refractivity contribution >= 4 is 16.8 Å². The van der Waals surface area contributed by atoms with Gasteiger partial charge in [0, 0.05) is 5.39 Å². The molecular formula is C18H19N3O3. The Kier molecular flexibility index (Phi) is 4.96. The Bertz CT molecular complexity index is 812. The molecule has 1 heterocycles. The van der Waals surface area contributed by atoms with E-state index in [4.69, 9.17) is 9.47 Å². The van der Waals surface area contributed by atoms with Crippen molar-refractivity contribution in [3.63, 3.8) is 0 Å². The summed E-state index contributed by atoms with van der Waals surface area (Å²) in [6.45, 7) is 3.35. The fourth-order valence-corrected chi connectivity index (χ4v) is 2.35. The summed E-state index contributed by atoms with van der Waals surface area (Å²) in [5.41, 5.74) is 1.24. The van der Waals surface area contributed by atoms with Gasteiger partial charge in [-0.05, 0) is 37.3 Å². The number of amides is 1. The summed E-state index contributed by atoms with van der Waals surface area (Å²) in [4.78, 5) is 12.2. The zero-order chi connectivity index (χ0) is 16.8. The molecule has 124 valence electrons. The van der Waals surface area contributed by atoms with Gasteiger partial charge in [-0.25, -0.2) is 0 Å². The third kappa shape index (κ3) is 3.65. The normalized spacial score (nSPS) is 10.5. The largest absolute Gasteiger partial charge is 0.494 e. The fourth-order valence-electron chi connectivity index (χ4n) is 2.35. The maximum atomic E-state index is 12.2. The lowest BCUT2D eigenvalue weighted by molar-refractivity contribution is 0.0943. The van der Waals surface area contributed by atoms with Crippen LogP contribution in [0.25, 0.3) is 10.9 Å². The summed E-state index contributed by atoms with van der Waals surface area (Å²) < 4.78 is 11.0. The van der Waals surface area contributed by atoms with Gasteiger partial charge in [-0.2, -0.15) is 5.10 Å². The SMILES string of the molecule is CCOc1ccc(OCCNC(=O)c2n[nH]c3ccccc23)cc1. The first-order valence-corrected chi connectivity index (χ1v) is 7.85. The number of fused-ring (bicyclic) bond motifs is 1. The molecule has 6 nitrogen and oxygen atoms in total. The number of benzene rings is 2. The number of H-pyrrole nitrogens is 1. The molecule has 0 aliphatic carbocycles. The van der Waals surface area contributed by atoms with Gasteiger partial charge in [0.1, 0.15) is 18.1 Å². The van der Waals surface area contributed by atoms with Crippen LogP contribution >= 0.6 is 0 Å². The van der Waals surface area contributed by atoms with E-state index < -0.39 is 0 Å². The molecule has 0 unspecified atom stereocenters. The predicted octanol–water partition coefficient (Wildman–Crippen LogP) is 2.77. The summed E-state index contributed by atoms with van der Waals surface area (Å²) in [5, 5.41) is 10.5. The molecule has 3 aromatic rings. The maximum Gasteiger partial charge on any atom is 0.272 e. The Hall–Kier alpha value is -3.02. The first kappa shape index (κ1) is 15.9. The Morgan fingerprint density at radius 1 is 1.08 bits per heavy atom. The number of aromatic nitrogens is 2. The predicted molar refractivity (Wildman–Crippen MR) is 91.5 cm³/mol. The van der Waals surface area contributed by atoms with Gasteiger partial charge in [0.25, 0.3) is 5.91 Å². The van der Waals surface area contributed by atoms with E-state index in [-0.39, 0.29) is 5.91 Å². The van der Waals surface area contributed by atoms with Crippen LogP contribution in [-0.2, 0) is 0 Å². The molecule has 0 bridgehead atoms. The first-order chi connectivity index (χ1) is 11.8. The number of nitrogens with one attached hydrogen (secondary N) is 2. The molecule has 6 heteroatoms. The van der Waals surface area contributed by atoms with Crippen LogP contribution in [0, 0.1) is 0 Å². The van der Waals surface area contributed by atoms with Crippen molar-refractivity contribution in [3.8, 4) is 11.5 Å². The van der Waals surface area contributed by atoms with Crippen molar-refractivity contribution in [2.75, 3.05) is 19.8 Å². The first-order valence-electron chi connectivity index (χ1n) is 7.85. The zero-order valence-corrected chi connectivity index (χ0v) is 13.4. The highest BCUT2D eigenvalue weighted by atomic mass is 16.5. The van der Waals surface area contributed by atoms with Crippen molar-refractivity contribution in [1.29, 1.82) is 0 Å². The highest BCUT2D eigenvalue weighted by Crippen LogP contribution is 2.17. The second-order valence-corrected chi connectivity index (χ2v) is 5.13. The monoisotopic (exact) mass is 325 g/mol. The smallest absolute Gasteiger partial charge is 0.272 e. The van der Waals surface area contributed by atoms with Gasteiger partial charge in [0.15, 0.2) is 5.69 Å². The number of rotatable bonds is 7. The highest BCUT2D eigenvalue weighted by molar-refractivity contribution is 6.04. The average Bonchev–Trinajstić information content (AvgIpc) is 3.04. The Balaban J connectivity index is 1.48. The van der Waals surface area contributed by atoms with Crippen molar-refractivity contribution < 1.29 is 14.3 Å². The molecule has 0 radical (unpaired) electrons. The van der Waals surface area contributed by atoms with Crippen LogP contribution in [0.2, 0.25) is 0 Å². The Morgan fingerprint density at radius 2 is 1.79 bits per heavy atom. The lowest BCUT2D eigenvalue weighted by atomic mass is 10.2. The van der Waals surface area contributed by atoms with E-state index in [1.807, 2.05) is 55.5 Å². The van der Waals surface area contributed by atoms with Crippen molar-refractivity contribution in [2.45, 2.75) is 6.92 Å². The summed E-state index contributed by atoms with van der Waals surface area (Å²) in [5.74, 6) is 1.32. The minimum Gasteiger partial charge on any atom is -0.494 e. The molecule has 2 aromatic carbocycles. The zero-order valence-electron chi connectivity index (χ0n) is 13.4. The van der Waals surface area contributed by atoms with Crippen molar-refractivity contribution in [2.24, 2.45) is 0 Å². The van der Waals surface area contributed by atoms with Gasteiger partial charge >= 0.3 is 0 Å². The van der Waals surface area contributed by atoms with Gasteiger partial charge < -0.3 is 14.8 Å². The Morgan fingerprint density at radius 3 is 2.54 bits per heavy atom. The molecule has 24 heavy (non-hydrogen) atoms. The van der Waals surface area contributed by atoms with Gasteiger partial charge in [-0.3, -0.25) is 9.89 Å². The van der Waals surface area contributed by atoms with Crippen LogP contribution in [0.15, 0.2) is 48.5 Å². The van der Waals surface area contributed by atoms with Crippen molar-refractivity contribution in [1.82, 2.24) is 15.5 Å². The third-order valence-corrected chi connectivity index (χ3v) is 3.48. The van der Waals surface area contributed by atoms with Gasteiger partial charge in [-0.1, -0.05) is 18.2 Å². The summed E-state index contributed by atoms with van der Waals surface area (Å²) in [7, 11) is 0. The van der Waals surface area contributed by atoms with Gasteiger partial charge in [0.2, 0.25) is 0 Å². The minimum atomic E-state index is -0.220. The topological polar surface area (TPSA) is 76.2 Å². The van der Waals surface area contributed by atoms with E-state index in [9.17, 15) is 4.79 Å². The quantitative estimate of drug-likeness (QED) is 0.655. The number of hydrogen-bond acceptors (Lipinski definition) is 4. The molecule has 1 aromatic heterocycles. The standard InChI is InChI=1S/C18H19N3O3/c1-2-23-13-7-9-14(10-8-13)24-12-11-19-18(22)17-15-5-3-4-6-16(15)20-21-17/h3-10H,2,11-12H2,1H3,(H,19,22)(H,20,21). The number of carbonyl (C=O) groups excluding carboxylic acids is 1. The molecule has 0 saturated carbocycles.